The predicted molar refractivity (Wildman–Crippen MR) is 70.9 cm³/mol. The number of halogens is 2. The van der Waals surface area contributed by atoms with Gasteiger partial charge in [-0.25, -0.2) is 8.78 Å². The summed E-state index contributed by atoms with van der Waals surface area (Å²) in [6.45, 7) is 1.28. The van der Waals surface area contributed by atoms with Gasteiger partial charge in [0, 0.05) is 17.8 Å². The Morgan fingerprint density at radius 2 is 1.68 bits per heavy atom. The van der Waals surface area contributed by atoms with E-state index in [-0.39, 0.29) is 18.2 Å². The van der Waals surface area contributed by atoms with Crippen LogP contribution in [0.5, 0.6) is 0 Å². The van der Waals surface area contributed by atoms with Gasteiger partial charge in [-0.1, -0.05) is 18.2 Å². The van der Waals surface area contributed by atoms with Crippen LogP contribution in [0.1, 0.15) is 5.56 Å². The monoisotopic (exact) mass is 263 g/mol. The van der Waals surface area contributed by atoms with Crippen molar-refractivity contribution in [3.05, 3.63) is 65.7 Å². The molecule has 0 saturated heterocycles. The molecule has 0 spiro atoms. The highest BCUT2D eigenvalue weighted by atomic mass is 19.1. The van der Waals surface area contributed by atoms with Crippen LogP contribution in [0.3, 0.4) is 0 Å². The standard InChI is InChI=1S/C15H15F2NO/c16-13-5-7-14(8-6-13)18-9-10-19-11-12-3-1-2-4-15(12)17/h1-8,18H,9-11H2. The third-order valence-corrected chi connectivity index (χ3v) is 2.64. The Morgan fingerprint density at radius 1 is 0.947 bits per heavy atom. The van der Waals surface area contributed by atoms with Gasteiger partial charge < -0.3 is 10.1 Å². The molecular weight excluding hydrogens is 248 g/mol. The van der Waals surface area contributed by atoms with Gasteiger partial charge in [0.2, 0.25) is 0 Å². The summed E-state index contributed by atoms with van der Waals surface area (Å²) in [5.74, 6) is -0.518. The first-order chi connectivity index (χ1) is 9.25. The highest BCUT2D eigenvalue weighted by Gasteiger charge is 2.00. The number of nitrogens with one attached hydrogen (secondary N) is 1. The zero-order valence-electron chi connectivity index (χ0n) is 10.4. The van der Waals surface area contributed by atoms with Crippen LogP contribution in [0.15, 0.2) is 48.5 Å². The molecule has 0 aromatic heterocycles. The molecule has 19 heavy (non-hydrogen) atoms. The Balaban J connectivity index is 1.67. The van der Waals surface area contributed by atoms with Gasteiger partial charge in [-0.05, 0) is 30.3 Å². The molecule has 2 rings (SSSR count). The molecule has 0 heterocycles. The summed E-state index contributed by atoms with van der Waals surface area (Å²) in [6, 6.07) is 12.6. The van der Waals surface area contributed by atoms with Crippen molar-refractivity contribution in [1.29, 1.82) is 0 Å². The number of ether oxygens (including phenoxy) is 1. The molecular formula is C15H15F2NO. The topological polar surface area (TPSA) is 21.3 Å². The molecule has 100 valence electrons. The minimum absolute atomic E-state index is 0.248. The van der Waals surface area contributed by atoms with Gasteiger partial charge in [0.1, 0.15) is 11.6 Å². The predicted octanol–water partition coefficient (Wildman–Crippen LogP) is 3.59. The van der Waals surface area contributed by atoms with E-state index in [4.69, 9.17) is 4.74 Å². The minimum Gasteiger partial charge on any atom is -0.383 e. The van der Waals surface area contributed by atoms with Crippen molar-refractivity contribution in [1.82, 2.24) is 0 Å². The summed E-state index contributed by atoms with van der Waals surface area (Å²) < 4.78 is 31.3. The van der Waals surface area contributed by atoms with Gasteiger partial charge >= 0.3 is 0 Å². The molecule has 2 aromatic rings. The van der Waals surface area contributed by atoms with E-state index in [0.29, 0.717) is 18.7 Å². The maximum absolute atomic E-state index is 13.3. The average molecular weight is 263 g/mol. The van der Waals surface area contributed by atoms with Crippen molar-refractivity contribution in [2.24, 2.45) is 0 Å². The SMILES string of the molecule is Fc1ccc(NCCOCc2ccccc2F)cc1. The van der Waals surface area contributed by atoms with Gasteiger partial charge in [-0.15, -0.1) is 0 Å². The third-order valence-electron chi connectivity index (χ3n) is 2.64. The van der Waals surface area contributed by atoms with E-state index < -0.39 is 0 Å². The second-order valence-electron chi connectivity index (χ2n) is 4.08. The summed E-state index contributed by atoms with van der Waals surface area (Å²) in [7, 11) is 0. The summed E-state index contributed by atoms with van der Waals surface area (Å²) in [5.41, 5.74) is 1.38. The zero-order chi connectivity index (χ0) is 13.5. The Kier molecular flexibility index (Phi) is 4.86. The van der Waals surface area contributed by atoms with Crippen LogP contribution in [0.25, 0.3) is 0 Å². The Bertz CT molecular complexity index is 514. The molecule has 0 unspecified atom stereocenters. The van der Waals surface area contributed by atoms with Crippen LogP contribution in [0, 0.1) is 11.6 Å². The van der Waals surface area contributed by atoms with Gasteiger partial charge in [0.05, 0.1) is 13.2 Å². The molecule has 4 heteroatoms. The van der Waals surface area contributed by atoms with E-state index >= 15 is 0 Å². The molecule has 0 saturated carbocycles. The Labute approximate surface area is 111 Å². The van der Waals surface area contributed by atoms with E-state index in [1.165, 1.54) is 18.2 Å². The normalized spacial score (nSPS) is 10.4. The summed E-state index contributed by atoms with van der Waals surface area (Å²) in [4.78, 5) is 0. The largest absolute Gasteiger partial charge is 0.383 e. The molecule has 0 aliphatic carbocycles. The molecule has 2 aromatic carbocycles. The van der Waals surface area contributed by atoms with Gasteiger partial charge in [-0.2, -0.15) is 0 Å². The third kappa shape index (κ3) is 4.34. The fraction of sp³-hybridized carbons (Fsp3) is 0.200. The van der Waals surface area contributed by atoms with Crippen molar-refractivity contribution < 1.29 is 13.5 Å². The first kappa shape index (κ1) is 13.5. The lowest BCUT2D eigenvalue weighted by Crippen LogP contribution is -2.09. The van der Waals surface area contributed by atoms with E-state index in [1.54, 1.807) is 30.3 Å². The molecule has 2 nitrogen and oxygen atoms in total. The Morgan fingerprint density at radius 3 is 2.42 bits per heavy atom. The highest BCUT2D eigenvalue weighted by Crippen LogP contribution is 2.09. The van der Waals surface area contributed by atoms with Crippen molar-refractivity contribution in [3.63, 3.8) is 0 Å². The van der Waals surface area contributed by atoms with Gasteiger partial charge in [0.25, 0.3) is 0 Å². The van der Waals surface area contributed by atoms with Crippen LogP contribution < -0.4 is 5.32 Å². The first-order valence-electron chi connectivity index (χ1n) is 6.06. The molecule has 0 atom stereocenters. The molecule has 0 aliphatic heterocycles. The van der Waals surface area contributed by atoms with Crippen molar-refractivity contribution in [3.8, 4) is 0 Å². The average Bonchev–Trinajstić information content (AvgIpc) is 2.42. The van der Waals surface area contributed by atoms with Gasteiger partial charge in [0.15, 0.2) is 0 Å². The molecule has 0 radical (unpaired) electrons. The maximum atomic E-state index is 13.3. The molecule has 0 fully saturated rings. The summed E-state index contributed by atoms with van der Waals surface area (Å²) >= 11 is 0. The fourth-order valence-corrected chi connectivity index (χ4v) is 1.63. The van der Waals surface area contributed by atoms with Crippen LogP contribution in [0.2, 0.25) is 0 Å². The lowest BCUT2D eigenvalue weighted by molar-refractivity contribution is 0.128. The van der Waals surface area contributed by atoms with E-state index in [0.717, 1.165) is 5.69 Å². The number of hydrogen-bond donors (Lipinski definition) is 1. The summed E-state index contributed by atoms with van der Waals surface area (Å²) in [6.07, 6.45) is 0. The second-order valence-corrected chi connectivity index (χ2v) is 4.08. The van der Waals surface area contributed by atoms with Crippen molar-refractivity contribution in [2.75, 3.05) is 18.5 Å². The highest BCUT2D eigenvalue weighted by molar-refractivity contribution is 5.42. The molecule has 0 amide bonds. The number of benzene rings is 2. The lowest BCUT2D eigenvalue weighted by atomic mass is 10.2. The van der Waals surface area contributed by atoms with Crippen LogP contribution >= 0.6 is 0 Å². The van der Waals surface area contributed by atoms with Crippen molar-refractivity contribution in [2.45, 2.75) is 6.61 Å². The van der Waals surface area contributed by atoms with Crippen LogP contribution in [0.4, 0.5) is 14.5 Å². The van der Waals surface area contributed by atoms with E-state index in [1.807, 2.05) is 0 Å². The second kappa shape index (κ2) is 6.85. The van der Waals surface area contributed by atoms with E-state index in [2.05, 4.69) is 5.32 Å². The van der Waals surface area contributed by atoms with E-state index in [9.17, 15) is 8.78 Å². The summed E-state index contributed by atoms with van der Waals surface area (Å²) in [5, 5.41) is 3.09. The number of anilines is 1. The fourth-order valence-electron chi connectivity index (χ4n) is 1.63. The quantitative estimate of drug-likeness (QED) is 0.804. The van der Waals surface area contributed by atoms with Crippen molar-refractivity contribution >= 4 is 5.69 Å². The molecule has 1 N–H and O–H groups in total. The van der Waals surface area contributed by atoms with Crippen LogP contribution in [-0.4, -0.2) is 13.2 Å². The molecule has 0 aliphatic rings. The van der Waals surface area contributed by atoms with Gasteiger partial charge in [-0.3, -0.25) is 0 Å². The Hall–Kier alpha value is -1.94. The lowest BCUT2D eigenvalue weighted by Gasteiger charge is -2.08. The maximum Gasteiger partial charge on any atom is 0.128 e. The first-order valence-corrected chi connectivity index (χ1v) is 6.06. The molecule has 0 bridgehead atoms. The zero-order valence-corrected chi connectivity index (χ0v) is 10.4. The number of rotatable bonds is 6. The van der Waals surface area contributed by atoms with Crippen LogP contribution in [-0.2, 0) is 11.3 Å². The minimum atomic E-state index is -0.263. The number of hydrogen-bond acceptors (Lipinski definition) is 2. The smallest absolute Gasteiger partial charge is 0.128 e.